The van der Waals surface area contributed by atoms with Gasteiger partial charge < -0.3 is 19.0 Å². The van der Waals surface area contributed by atoms with Crippen LogP contribution in [0.15, 0.2) is 76.1 Å². The van der Waals surface area contributed by atoms with Gasteiger partial charge in [-0.05, 0) is 47.5 Å². The maximum atomic E-state index is 13.3. The number of aromatic hydroxyl groups is 1. The minimum absolute atomic E-state index is 0.0626. The van der Waals surface area contributed by atoms with E-state index in [9.17, 15) is 19.5 Å². The fraction of sp³-hybridized carbons (Fsp3) is 0.115. The van der Waals surface area contributed by atoms with Gasteiger partial charge in [-0.1, -0.05) is 24.3 Å². The second kappa shape index (κ2) is 7.94. The number of carbonyl (C=O) groups is 2. The van der Waals surface area contributed by atoms with Crippen LogP contribution in [0.25, 0.3) is 22.1 Å². The van der Waals surface area contributed by atoms with Gasteiger partial charge in [-0.3, -0.25) is 9.59 Å². The highest BCUT2D eigenvalue weighted by Gasteiger charge is 2.32. The van der Waals surface area contributed by atoms with Gasteiger partial charge in [0.15, 0.2) is 0 Å². The second-order valence-corrected chi connectivity index (χ2v) is 7.72. The van der Waals surface area contributed by atoms with Crippen LogP contribution in [0.2, 0.25) is 0 Å². The minimum Gasteiger partial charge on any atom is -0.508 e. The second-order valence-electron chi connectivity index (χ2n) is 7.72. The van der Waals surface area contributed by atoms with Crippen LogP contribution in [0.3, 0.4) is 0 Å². The molecule has 0 spiro atoms. The number of phenols is 1. The zero-order valence-electron chi connectivity index (χ0n) is 17.5. The molecular weight excluding hydrogens is 424 g/mol. The maximum absolute atomic E-state index is 13.3. The summed E-state index contributed by atoms with van der Waals surface area (Å²) in [5, 5.41) is 9.88. The fourth-order valence-corrected chi connectivity index (χ4v) is 4.15. The number of esters is 2. The first-order chi connectivity index (χ1) is 16.0. The zero-order chi connectivity index (χ0) is 23.1. The predicted octanol–water partition coefficient (Wildman–Crippen LogP) is 4.39. The Labute approximate surface area is 187 Å². The molecular formula is C26H18O7. The lowest BCUT2D eigenvalue weighted by atomic mass is 9.85. The van der Waals surface area contributed by atoms with E-state index in [1.165, 1.54) is 25.5 Å². The SMILES string of the molecule is COC(=O)c1ccc([C@@H]2CC(=O)Oc3ccc4c(=O)c(-c5ccc(O)cc5)coc4c32)cc1. The summed E-state index contributed by atoms with van der Waals surface area (Å²) in [5.41, 5.74) is 2.85. The van der Waals surface area contributed by atoms with Gasteiger partial charge in [-0.2, -0.15) is 0 Å². The molecule has 1 aliphatic rings. The molecule has 4 aromatic rings. The van der Waals surface area contributed by atoms with E-state index in [1.807, 2.05) is 0 Å². The van der Waals surface area contributed by atoms with Crippen molar-refractivity contribution in [3.05, 3.63) is 93.8 Å². The van der Waals surface area contributed by atoms with Gasteiger partial charge in [-0.25, -0.2) is 4.79 Å². The number of fused-ring (bicyclic) bond motifs is 3. The Kier molecular flexibility index (Phi) is 4.94. The number of hydrogen-bond donors (Lipinski definition) is 1. The molecule has 0 saturated carbocycles. The van der Waals surface area contributed by atoms with E-state index in [0.29, 0.717) is 39.0 Å². The Morgan fingerprint density at radius 3 is 2.42 bits per heavy atom. The van der Waals surface area contributed by atoms with Gasteiger partial charge in [0.25, 0.3) is 0 Å². The monoisotopic (exact) mass is 442 g/mol. The highest BCUT2D eigenvalue weighted by molar-refractivity contribution is 5.91. The predicted molar refractivity (Wildman–Crippen MR) is 119 cm³/mol. The number of carbonyl (C=O) groups excluding carboxylic acids is 2. The summed E-state index contributed by atoms with van der Waals surface area (Å²) in [5.74, 6) is -0.836. The molecule has 1 N–H and O–H groups in total. The Balaban J connectivity index is 1.66. The first-order valence-electron chi connectivity index (χ1n) is 10.2. The molecule has 33 heavy (non-hydrogen) atoms. The Morgan fingerprint density at radius 1 is 1.00 bits per heavy atom. The molecule has 0 amide bonds. The molecule has 7 heteroatoms. The van der Waals surface area contributed by atoms with Crippen molar-refractivity contribution in [2.75, 3.05) is 7.11 Å². The highest BCUT2D eigenvalue weighted by atomic mass is 16.5. The number of rotatable bonds is 3. The molecule has 3 aromatic carbocycles. The van der Waals surface area contributed by atoms with Crippen LogP contribution in [-0.4, -0.2) is 24.2 Å². The Morgan fingerprint density at radius 2 is 1.73 bits per heavy atom. The summed E-state index contributed by atoms with van der Waals surface area (Å²) in [6, 6.07) is 16.2. The van der Waals surface area contributed by atoms with Gasteiger partial charge in [0, 0.05) is 11.5 Å². The molecule has 0 bridgehead atoms. The van der Waals surface area contributed by atoms with Crippen LogP contribution in [0.5, 0.6) is 11.5 Å². The van der Waals surface area contributed by atoms with Crippen molar-refractivity contribution in [2.45, 2.75) is 12.3 Å². The van der Waals surface area contributed by atoms with Crippen molar-refractivity contribution in [2.24, 2.45) is 0 Å². The van der Waals surface area contributed by atoms with E-state index in [2.05, 4.69) is 0 Å². The number of benzene rings is 3. The van der Waals surface area contributed by atoms with Crippen molar-refractivity contribution in [1.29, 1.82) is 0 Å². The molecule has 2 heterocycles. The lowest BCUT2D eigenvalue weighted by Crippen LogP contribution is -2.22. The molecule has 0 radical (unpaired) electrons. The smallest absolute Gasteiger partial charge is 0.337 e. The zero-order valence-corrected chi connectivity index (χ0v) is 17.5. The standard InChI is InChI=1S/C26H18O7/c1-31-26(30)16-4-2-14(3-5-16)19-12-22(28)33-21-11-10-18-24(29)20(13-32-25(18)23(19)21)15-6-8-17(27)9-7-15/h2-11,13,19,27H,12H2,1H3/t19-/m0/s1. The number of phenolic OH excluding ortho intramolecular Hbond substituents is 1. The van der Waals surface area contributed by atoms with Crippen LogP contribution in [-0.2, 0) is 9.53 Å². The van der Waals surface area contributed by atoms with Gasteiger partial charge in [0.2, 0.25) is 5.43 Å². The summed E-state index contributed by atoms with van der Waals surface area (Å²) < 4.78 is 16.1. The topological polar surface area (TPSA) is 103 Å². The first kappa shape index (κ1) is 20.5. The Hall–Kier alpha value is -4.39. The molecule has 0 aliphatic carbocycles. The van der Waals surface area contributed by atoms with Crippen LogP contribution in [0.4, 0.5) is 0 Å². The van der Waals surface area contributed by atoms with Crippen LogP contribution >= 0.6 is 0 Å². The van der Waals surface area contributed by atoms with E-state index >= 15 is 0 Å². The van der Waals surface area contributed by atoms with E-state index in [0.717, 1.165) is 5.56 Å². The molecule has 5 rings (SSSR count). The molecule has 0 fully saturated rings. The molecule has 1 aliphatic heterocycles. The lowest BCUT2D eigenvalue weighted by Gasteiger charge is -2.25. The van der Waals surface area contributed by atoms with Gasteiger partial charge >= 0.3 is 11.9 Å². The number of methoxy groups -OCH3 is 1. The third kappa shape index (κ3) is 3.53. The van der Waals surface area contributed by atoms with Crippen molar-refractivity contribution in [3.8, 4) is 22.6 Å². The molecule has 1 atom stereocenters. The summed E-state index contributed by atoms with van der Waals surface area (Å²) in [4.78, 5) is 37.3. The average molecular weight is 442 g/mol. The minimum atomic E-state index is -0.455. The first-order valence-corrected chi connectivity index (χ1v) is 10.2. The third-order valence-electron chi connectivity index (χ3n) is 5.80. The van der Waals surface area contributed by atoms with Crippen LogP contribution < -0.4 is 10.2 Å². The summed E-state index contributed by atoms with van der Waals surface area (Å²) >= 11 is 0. The van der Waals surface area contributed by atoms with E-state index in [-0.39, 0.29) is 17.6 Å². The van der Waals surface area contributed by atoms with E-state index < -0.39 is 17.9 Å². The molecule has 164 valence electrons. The Bertz CT molecular complexity index is 1450. The van der Waals surface area contributed by atoms with Crippen LogP contribution in [0.1, 0.15) is 33.8 Å². The third-order valence-corrected chi connectivity index (χ3v) is 5.80. The van der Waals surface area contributed by atoms with Crippen LogP contribution in [0, 0.1) is 0 Å². The van der Waals surface area contributed by atoms with Crippen molar-refractivity contribution in [3.63, 3.8) is 0 Å². The lowest BCUT2D eigenvalue weighted by molar-refractivity contribution is -0.135. The molecule has 7 nitrogen and oxygen atoms in total. The average Bonchev–Trinajstić information content (AvgIpc) is 2.83. The quantitative estimate of drug-likeness (QED) is 0.371. The van der Waals surface area contributed by atoms with Gasteiger partial charge in [-0.15, -0.1) is 0 Å². The normalized spacial score (nSPS) is 15.1. The highest BCUT2D eigenvalue weighted by Crippen LogP contribution is 2.42. The van der Waals surface area contributed by atoms with Crippen molar-refractivity contribution >= 4 is 22.9 Å². The van der Waals surface area contributed by atoms with Gasteiger partial charge in [0.1, 0.15) is 23.3 Å². The van der Waals surface area contributed by atoms with E-state index in [1.54, 1.807) is 48.5 Å². The molecule has 0 unspecified atom stereocenters. The summed E-state index contributed by atoms with van der Waals surface area (Å²) in [7, 11) is 1.31. The maximum Gasteiger partial charge on any atom is 0.337 e. The number of hydrogen-bond acceptors (Lipinski definition) is 7. The largest absolute Gasteiger partial charge is 0.508 e. The molecule has 0 saturated heterocycles. The molecule has 1 aromatic heterocycles. The van der Waals surface area contributed by atoms with E-state index in [4.69, 9.17) is 13.9 Å². The van der Waals surface area contributed by atoms with Crippen molar-refractivity contribution in [1.82, 2.24) is 0 Å². The summed E-state index contributed by atoms with van der Waals surface area (Å²) in [6.07, 6.45) is 1.44. The summed E-state index contributed by atoms with van der Waals surface area (Å²) in [6.45, 7) is 0. The van der Waals surface area contributed by atoms with Gasteiger partial charge in [0.05, 0.1) is 30.0 Å². The number of ether oxygens (including phenoxy) is 2. The van der Waals surface area contributed by atoms with Crippen molar-refractivity contribution < 1.29 is 28.6 Å². The fourth-order valence-electron chi connectivity index (χ4n) is 4.15.